The maximum absolute atomic E-state index is 12.6. The first-order chi connectivity index (χ1) is 6.09. The van der Waals surface area contributed by atoms with Crippen LogP contribution in [0.25, 0.3) is 0 Å². The monoisotopic (exact) mass is 201 g/mol. The molecule has 4 heteroatoms. The Kier molecular flexibility index (Phi) is 3.25. The zero-order valence-corrected chi connectivity index (χ0v) is 7.81. The van der Waals surface area contributed by atoms with E-state index in [0.717, 1.165) is 0 Å². The summed E-state index contributed by atoms with van der Waals surface area (Å²) in [7, 11) is 0. The smallest absolute Gasteiger partial charge is 0.242 e. The summed E-state index contributed by atoms with van der Waals surface area (Å²) in [6.45, 7) is 1.55. The van der Waals surface area contributed by atoms with Gasteiger partial charge in [0.15, 0.2) is 0 Å². The molecule has 2 nitrogen and oxygen atoms in total. The predicted molar refractivity (Wildman–Crippen MR) is 50.3 cm³/mol. The van der Waals surface area contributed by atoms with Gasteiger partial charge in [-0.1, -0.05) is 6.07 Å². The fourth-order valence-electron chi connectivity index (χ4n) is 0.808. The molecule has 0 aliphatic carbocycles. The van der Waals surface area contributed by atoms with Crippen LogP contribution in [0.4, 0.5) is 10.1 Å². The van der Waals surface area contributed by atoms with Crippen molar-refractivity contribution in [2.45, 2.75) is 12.3 Å². The van der Waals surface area contributed by atoms with E-state index in [1.165, 1.54) is 18.2 Å². The standard InChI is InChI=1S/C9H9ClFNO/c1-6(10)9(13)12-8-4-2-3-7(11)5-8/h2-6H,1H3,(H,12,13)/t6-/m1/s1. The maximum atomic E-state index is 12.6. The highest BCUT2D eigenvalue weighted by Crippen LogP contribution is 2.10. The quantitative estimate of drug-likeness (QED) is 0.732. The number of anilines is 1. The van der Waals surface area contributed by atoms with E-state index in [2.05, 4.69) is 5.32 Å². The normalized spacial score (nSPS) is 12.2. The summed E-state index contributed by atoms with van der Waals surface area (Å²) < 4.78 is 12.6. The van der Waals surface area contributed by atoms with Crippen LogP contribution in [0.3, 0.4) is 0 Å². The zero-order chi connectivity index (χ0) is 9.84. The fourth-order valence-corrected chi connectivity index (χ4v) is 0.862. The van der Waals surface area contributed by atoms with Crippen molar-refractivity contribution in [2.24, 2.45) is 0 Å². The summed E-state index contributed by atoms with van der Waals surface area (Å²) in [5, 5.41) is 1.85. The van der Waals surface area contributed by atoms with Crippen molar-refractivity contribution in [1.82, 2.24) is 0 Å². The number of hydrogen-bond acceptors (Lipinski definition) is 1. The molecule has 1 rings (SSSR count). The average Bonchev–Trinajstić information content (AvgIpc) is 2.04. The van der Waals surface area contributed by atoms with E-state index in [0.29, 0.717) is 5.69 Å². The lowest BCUT2D eigenvalue weighted by Gasteiger charge is -2.05. The number of rotatable bonds is 2. The number of carbonyl (C=O) groups is 1. The second-order valence-electron chi connectivity index (χ2n) is 2.62. The Morgan fingerprint density at radius 2 is 2.31 bits per heavy atom. The van der Waals surface area contributed by atoms with Crippen LogP contribution in [0.5, 0.6) is 0 Å². The SMILES string of the molecule is C[C@@H](Cl)C(=O)Nc1cccc(F)c1. The van der Waals surface area contributed by atoms with Crippen LogP contribution in [-0.2, 0) is 4.79 Å². The molecule has 1 aromatic carbocycles. The van der Waals surface area contributed by atoms with E-state index < -0.39 is 5.38 Å². The van der Waals surface area contributed by atoms with Crippen LogP contribution >= 0.6 is 11.6 Å². The largest absolute Gasteiger partial charge is 0.325 e. The molecule has 1 aromatic rings. The highest BCUT2D eigenvalue weighted by atomic mass is 35.5. The number of halogens is 2. The molecule has 0 aliphatic heterocycles. The summed E-state index contributed by atoms with van der Waals surface area (Å²) in [6, 6.07) is 5.65. The van der Waals surface area contributed by atoms with Gasteiger partial charge >= 0.3 is 0 Å². The van der Waals surface area contributed by atoms with Gasteiger partial charge in [0, 0.05) is 5.69 Å². The minimum atomic E-state index is -0.622. The Bertz CT molecular complexity index is 314. The number of alkyl halides is 1. The van der Waals surface area contributed by atoms with Gasteiger partial charge in [0.2, 0.25) is 5.91 Å². The minimum Gasteiger partial charge on any atom is -0.325 e. The minimum absolute atomic E-state index is 0.340. The molecule has 0 bridgehead atoms. The molecule has 1 N–H and O–H groups in total. The Balaban J connectivity index is 2.69. The molecule has 0 saturated carbocycles. The Hall–Kier alpha value is -1.09. The van der Waals surface area contributed by atoms with Crippen molar-refractivity contribution >= 4 is 23.2 Å². The molecule has 0 spiro atoms. The van der Waals surface area contributed by atoms with Gasteiger partial charge in [0.1, 0.15) is 11.2 Å². The van der Waals surface area contributed by atoms with Crippen molar-refractivity contribution < 1.29 is 9.18 Å². The van der Waals surface area contributed by atoms with Gasteiger partial charge in [-0.05, 0) is 25.1 Å². The molecule has 1 amide bonds. The zero-order valence-electron chi connectivity index (χ0n) is 7.05. The average molecular weight is 202 g/mol. The third-order valence-electron chi connectivity index (χ3n) is 1.45. The molecule has 0 saturated heterocycles. The first-order valence-electron chi connectivity index (χ1n) is 3.80. The number of carbonyl (C=O) groups excluding carboxylic acids is 1. The predicted octanol–water partition coefficient (Wildman–Crippen LogP) is 2.39. The molecule has 0 aliphatic rings. The van der Waals surface area contributed by atoms with Gasteiger partial charge in [0.05, 0.1) is 0 Å². The van der Waals surface area contributed by atoms with Crippen LogP contribution in [0.1, 0.15) is 6.92 Å². The second-order valence-corrected chi connectivity index (χ2v) is 3.27. The van der Waals surface area contributed by atoms with Crippen molar-refractivity contribution in [3.05, 3.63) is 30.1 Å². The van der Waals surface area contributed by atoms with E-state index in [9.17, 15) is 9.18 Å². The molecule has 0 heterocycles. The molecule has 0 unspecified atom stereocenters. The van der Waals surface area contributed by atoms with Gasteiger partial charge in [-0.15, -0.1) is 11.6 Å². The summed E-state index contributed by atoms with van der Waals surface area (Å²) in [5.41, 5.74) is 0.414. The molecule has 0 radical (unpaired) electrons. The van der Waals surface area contributed by atoms with Crippen molar-refractivity contribution in [3.8, 4) is 0 Å². The molecule has 0 fully saturated rings. The number of benzene rings is 1. The molecular weight excluding hydrogens is 193 g/mol. The first kappa shape index (κ1) is 9.99. The van der Waals surface area contributed by atoms with Crippen LogP contribution < -0.4 is 5.32 Å². The van der Waals surface area contributed by atoms with E-state index >= 15 is 0 Å². The third kappa shape index (κ3) is 3.03. The molecule has 70 valence electrons. The lowest BCUT2D eigenvalue weighted by Crippen LogP contribution is -2.20. The maximum Gasteiger partial charge on any atom is 0.242 e. The lowest BCUT2D eigenvalue weighted by molar-refractivity contribution is -0.115. The fraction of sp³-hybridized carbons (Fsp3) is 0.222. The van der Waals surface area contributed by atoms with Gasteiger partial charge in [0.25, 0.3) is 0 Å². The summed E-state index contributed by atoms with van der Waals surface area (Å²) in [5.74, 6) is -0.729. The Morgan fingerprint density at radius 1 is 1.62 bits per heavy atom. The molecule has 13 heavy (non-hydrogen) atoms. The number of amides is 1. The third-order valence-corrected chi connectivity index (χ3v) is 1.65. The molecule has 1 atom stereocenters. The van der Waals surface area contributed by atoms with Gasteiger partial charge in [-0.25, -0.2) is 4.39 Å². The van der Waals surface area contributed by atoms with E-state index in [4.69, 9.17) is 11.6 Å². The van der Waals surface area contributed by atoms with E-state index in [1.54, 1.807) is 13.0 Å². The topological polar surface area (TPSA) is 29.1 Å². The van der Waals surface area contributed by atoms with Crippen molar-refractivity contribution in [1.29, 1.82) is 0 Å². The van der Waals surface area contributed by atoms with Crippen LogP contribution in [0.2, 0.25) is 0 Å². The summed E-state index contributed by atoms with van der Waals surface area (Å²) >= 11 is 5.51. The van der Waals surface area contributed by atoms with Crippen molar-refractivity contribution in [3.63, 3.8) is 0 Å². The highest BCUT2D eigenvalue weighted by Gasteiger charge is 2.08. The van der Waals surface area contributed by atoms with Crippen molar-refractivity contribution in [2.75, 3.05) is 5.32 Å². The number of nitrogens with one attached hydrogen (secondary N) is 1. The second kappa shape index (κ2) is 4.23. The van der Waals surface area contributed by atoms with Crippen LogP contribution in [0.15, 0.2) is 24.3 Å². The Labute approximate surface area is 80.7 Å². The molecule has 0 aromatic heterocycles. The van der Waals surface area contributed by atoms with Crippen LogP contribution in [0, 0.1) is 5.82 Å². The number of hydrogen-bond donors (Lipinski definition) is 1. The van der Waals surface area contributed by atoms with Gasteiger partial charge in [-0.2, -0.15) is 0 Å². The van der Waals surface area contributed by atoms with Crippen LogP contribution in [-0.4, -0.2) is 11.3 Å². The van der Waals surface area contributed by atoms with Gasteiger partial charge in [-0.3, -0.25) is 4.79 Å². The van der Waals surface area contributed by atoms with Gasteiger partial charge < -0.3 is 5.32 Å². The highest BCUT2D eigenvalue weighted by molar-refractivity contribution is 6.32. The van der Waals surface area contributed by atoms with E-state index in [-0.39, 0.29) is 11.7 Å². The Morgan fingerprint density at radius 3 is 2.85 bits per heavy atom. The first-order valence-corrected chi connectivity index (χ1v) is 4.24. The summed E-state index contributed by atoms with van der Waals surface area (Å²) in [6.07, 6.45) is 0. The lowest BCUT2D eigenvalue weighted by atomic mass is 10.3. The summed E-state index contributed by atoms with van der Waals surface area (Å²) in [4.78, 5) is 11.1. The molecular formula is C9H9ClFNO. The van der Waals surface area contributed by atoms with E-state index in [1.807, 2.05) is 0 Å².